The second-order valence-corrected chi connectivity index (χ2v) is 3.51. The second kappa shape index (κ2) is 4.74. The van der Waals surface area contributed by atoms with Crippen LogP contribution in [-0.2, 0) is 6.42 Å². The van der Waals surface area contributed by atoms with Crippen LogP contribution in [0.5, 0.6) is 0 Å². The molecule has 2 aromatic heterocycles. The van der Waals surface area contributed by atoms with E-state index in [0.717, 1.165) is 24.4 Å². The molecular formula is C11H15N5. The predicted molar refractivity (Wildman–Crippen MR) is 63.2 cm³/mol. The summed E-state index contributed by atoms with van der Waals surface area (Å²) in [6.45, 7) is 2.13. The number of nitrogens with zero attached hydrogens (tertiary/aromatic N) is 3. The number of aryl methyl sites for hydroxylation is 1. The highest BCUT2D eigenvalue weighted by Crippen LogP contribution is 2.14. The lowest BCUT2D eigenvalue weighted by Crippen LogP contribution is -2.01. The van der Waals surface area contributed by atoms with Crippen molar-refractivity contribution < 1.29 is 0 Å². The van der Waals surface area contributed by atoms with Gasteiger partial charge in [0.15, 0.2) is 11.6 Å². The minimum absolute atomic E-state index is 0.639. The SMILES string of the molecule is CCCc1cc(NC)nc(-c2ncc[nH]2)n1. The van der Waals surface area contributed by atoms with Crippen LogP contribution in [0.4, 0.5) is 5.82 Å². The van der Waals surface area contributed by atoms with Crippen LogP contribution in [0, 0.1) is 0 Å². The number of nitrogens with one attached hydrogen (secondary N) is 2. The van der Waals surface area contributed by atoms with Crippen LogP contribution in [0.15, 0.2) is 18.5 Å². The fraction of sp³-hybridized carbons (Fsp3) is 0.364. The van der Waals surface area contributed by atoms with Gasteiger partial charge in [0.2, 0.25) is 0 Å². The smallest absolute Gasteiger partial charge is 0.197 e. The molecule has 0 amide bonds. The Morgan fingerprint density at radius 1 is 1.38 bits per heavy atom. The third-order valence-corrected chi connectivity index (χ3v) is 2.25. The molecular weight excluding hydrogens is 202 g/mol. The topological polar surface area (TPSA) is 66.5 Å². The molecule has 5 nitrogen and oxygen atoms in total. The number of rotatable bonds is 4. The Morgan fingerprint density at radius 2 is 2.25 bits per heavy atom. The summed E-state index contributed by atoms with van der Waals surface area (Å²) >= 11 is 0. The summed E-state index contributed by atoms with van der Waals surface area (Å²) in [5.74, 6) is 2.17. The van der Waals surface area contributed by atoms with E-state index in [4.69, 9.17) is 0 Å². The molecule has 2 heterocycles. The van der Waals surface area contributed by atoms with Crippen molar-refractivity contribution in [3.8, 4) is 11.6 Å². The number of hydrogen-bond donors (Lipinski definition) is 2. The highest BCUT2D eigenvalue weighted by molar-refractivity contribution is 5.48. The first-order chi connectivity index (χ1) is 7.83. The first-order valence-corrected chi connectivity index (χ1v) is 5.39. The first kappa shape index (κ1) is 10.6. The normalized spacial score (nSPS) is 10.4. The quantitative estimate of drug-likeness (QED) is 0.820. The summed E-state index contributed by atoms with van der Waals surface area (Å²) < 4.78 is 0. The molecule has 2 N–H and O–H groups in total. The maximum atomic E-state index is 4.47. The molecule has 0 spiro atoms. The lowest BCUT2D eigenvalue weighted by molar-refractivity contribution is 0.873. The molecule has 2 aromatic rings. The summed E-state index contributed by atoms with van der Waals surface area (Å²) in [4.78, 5) is 16.0. The van der Waals surface area contributed by atoms with Gasteiger partial charge in [-0.2, -0.15) is 0 Å². The molecule has 0 aromatic carbocycles. The zero-order valence-corrected chi connectivity index (χ0v) is 9.49. The Labute approximate surface area is 94.4 Å². The average molecular weight is 217 g/mol. The maximum absolute atomic E-state index is 4.47. The van der Waals surface area contributed by atoms with Gasteiger partial charge in [0.25, 0.3) is 0 Å². The highest BCUT2D eigenvalue weighted by atomic mass is 15.1. The number of aromatic amines is 1. The fourth-order valence-electron chi connectivity index (χ4n) is 1.50. The summed E-state index contributed by atoms with van der Waals surface area (Å²) in [5.41, 5.74) is 1.04. The van der Waals surface area contributed by atoms with Crippen LogP contribution >= 0.6 is 0 Å². The van der Waals surface area contributed by atoms with Crippen LogP contribution in [-0.4, -0.2) is 27.0 Å². The number of imidazole rings is 1. The minimum atomic E-state index is 0.639. The Hall–Kier alpha value is -1.91. The molecule has 0 saturated heterocycles. The molecule has 0 aliphatic heterocycles. The van der Waals surface area contributed by atoms with Gasteiger partial charge in [0, 0.05) is 31.2 Å². The summed E-state index contributed by atoms with van der Waals surface area (Å²) in [6.07, 6.45) is 5.48. The van der Waals surface area contributed by atoms with Gasteiger partial charge in [-0.15, -0.1) is 0 Å². The molecule has 16 heavy (non-hydrogen) atoms. The monoisotopic (exact) mass is 217 g/mol. The van der Waals surface area contributed by atoms with Gasteiger partial charge < -0.3 is 10.3 Å². The van der Waals surface area contributed by atoms with Crippen LogP contribution in [0.3, 0.4) is 0 Å². The Morgan fingerprint density at radius 3 is 2.88 bits per heavy atom. The van der Waals surface area contributed by atoms with Crippen molar-refractivity contribution in [3.63, 3.8) is 0 Å². The summed E-state index contributed by atoms with van der Waals surface area (Å²) in [5, 5.41) is 3.04. The Bertz CT molecular complexity index is 449. The molecule has 0 fully saturated rings. The molecule has 0 atom stereocenters. The number of hydrogen-bond acceptors (Lipinski definition) is 4. The summed E-state index contributed by atoms with van der Waals surface area (Å²) in [6, 6.07) is 1.97. The minimum Gasteiger partial charge on any atom is -0.373 e. The van der Waals surface area contributed by atoms with Crippen LogP contribution < -0.4 is 5.32 Å². The van der Waals surface area contributed by atoms with Gasteiger partial charge in [0.1, 0.15) is 5.82 Å². The van der Waals surface area contributed by atoms with E-state index in [1.54, 1.807) is 12.4 Å². The Balaban J connectivity index is 2.41. The molecule has 0 saturated carbocycles. The first-order valence-electron chi connectivity index (χ1n) is 5.39. The van der Waals surface area contributed by atoms with E-state index in [1.807, 2.05) is 13.1 Å². The third-order valence-electron chi connectivity index (χ3n) is 2.25. The lowest BCUT2D eigenvalue weighted by atomic mass is 10.2. The molecule has 5 heteroatoms. The zero-order chi connectivity index (χ0) is 11.4. The van der Waals surface area contributed by atoms with Crippen molar-refractivity contribution >= 4 is 5.82 Å². The van der Waals surface area contributed by atoms with Crippen molar-refractivity contribution in [2.24, 2.45) is 0 Å². The molecule has 84 valence electrons. The zero-order valence-electron chi connectivity index (χ0n) is 9.49. The average Bonchev–Trinajstić information content (AvgIpc) is 2.82. The highest BCUT2D eigenvalue weighted by Gasteiger charge is 2.07. The number of anilines is 1. The van der Waals surface area contributed by atoms with Crippen molar-refractivity contribution in [3.05, 3.63) is 24.2 Å². The fourth-order valence-corrected chi connectivity index (χ4v) is 1.50. The van der Waals surface area contributed by atoms with Gasteiger partial charge in [-0.3, -0.25) is 0 Å². The van der Waals surface area contributed by atoms with E-state index < -0.39 is 0 Å². The van der Waals surface area contributed by atoms with Crippen molar-refractivity contribution in [1.82, 2.24) is 19.9 Å². The van der Waals surface area contributed by atoms with Crippen LogP contribution in [0.1, 0.15) is 19.0 Å². The van der Waals surface area contributed by atoms with Gasteiger partial charge in [-0.1, -0.05) is 13.3 Å². The van der Waals surface area contributed by atoms with E-state index in [0.29, 0.717) is 11.6 Å². The van der Waals surface area contributed by atoms with E-state index in [9.17, 15) is 0 Å². The van der Waals surface area contributed by atoms with E-state index >= 15 is 0 Å². The Kier molecular flexibility index (Phi) is 3.14. The van der Waals surface area contributed by atoms with Gasteiger partial charge in [-0.25, -0.2) is 15.0 Å². The lowest BCUT2D eigenvalue weighted by Gasteiger charge is -2.05. The van der Waals surface area contributed by atoms with Crippen LogP contribution in [0.2, 0.25) is 0 Å². The van der Waals surface area contributed by atoms with Crippen LogP contribution in [0.25, 0.3) is 11.6 Å². The van der Waals surface area contributed by atoms with Gasteiger partial charge >= 0.3 is 0 Å². The molecule has 2 rings (SSSR count). The molecule has 0 radical (unpaired) electrons. The van der Waals surface area contributed by atoms with Crippen molar-refractivity contribution in [2.75, 3.05) is 12.4 Å². The number of aromatic nitrogens is 4. The molecule has 0 aliphatic carbocycles. The largest absolute Gasteiger partial charge is 0.373 e. The number of H-pyrrole nitrogens is 1. The standard InChI is InChI=1S/C11H15N5/c1-3-4-8-7-9(12-2)16-11(15-8)10-13-5-6-14-10/h5-7H,3-4H2,1-2H3,(H,13,14)(H,12,15,16). The maximum Gasteiger partial charge on any atom is 0.197 e. The van der Waals surface area contributed by atoms with Crippen molar-refractivity contribution in [2.45, 2.75) is 19.8 Å². The molecule has 0 bridgehead atoms. The molecule has 0 unspecified atom stereocenters. The van der Waals surface area contributed by atoms with E-state index in [-0.39, 0.29) is 0 Å². The van der Waals surface area contributed by atoms with Gasteiger partial charge in [-0.05, 0) is 6.42 Å². The molecule has 0 aliphatic rings. The second-order valence-electron chi connectivity index (χ2n) is 3.51. The summed E-state index contributed by atoms with van der Waals surface area (Å²) in [7, 11) is 1.85. The van der Waals surface area contributed by atoms with Gasteiger partial charge in [0.05, 0.1) is 0 Å². The predicted octanol–water partition coefficient (Wildman–Crippen LogP) is 1.86. The van der Waals surface area contributed by atoms with Crippen molar-refractivity contribution in [1.29, 1.82) is 0 Å². The van der Waals surface area contributed by atoms with E-state index in [2.05, 4.69) is 32.2 Å². The van der Waals surface area contributed by atoms with E-state index in [1.165, 1.54) is 0 Å². The third kappa shape index (κ3) is 2.18.